The van der Waals surface area contributed by atoms with Crippen molar-refractivity contribution in [1.29, 1.82) is 0 Å². The van der Waals surface area contributed by atoms with Gasteiger partial charge in [-0.15, -0.1) is 0 Å². The Morgan fingerprint density at radius 3 is 2.54 bits per heavy atom. The number of aryl methyl sites for hydroxylation is 1. The minimum atomic E-state index is -0.860. The second kappa shape index (κ2) is 12.9. The third-order valence-electron chi connectivity index (χ3n) is 5.63. The zero-order valence-electron chi connectivity index (χ0n) is 20.1. The summed E-state index contributed by atoms with van der Waals surface area (Å²) in [5, 5.41) is 18.2. The number of carboxylic acids is 1. The Morgan fingerprint density at radius 1 is 1.14 bits per heavy atom. The molecule has 0 aliphatic carbocycles. The van der Waals surface area contributed by atoms with E-state index in [2.05, 4.69) is 26.8 Å². The van der Waals surface area contributed by atoms with E-state index in [1.54, 1.807) is 4.57 Å². The zero-order valence-corrected chi connectivity index (χ0v) is 20.1. The van der Waals surface area contributed by atoms with E-state index in [1.165, 1.54) is 0 Å². The second-order valence-corrected chi connectivity index (χ2v) is 8.47. The summed E-state index contributed by atoms with van der Waals surface area (Å²) < 4.78 is 7.13. The molecule has 1 aromatic carbocycles. The lowest BCUT2D eigenvalue weighted by molar-refractivity contribution is -0.136. The van der Waals surface area contributed by atoms with Gasteiger partial charge in [0.15, 0.2) is 11.5 Å². The fourth-order valence-corrected chi connectivity index (χ4v) is 3.82. The van der Waals surface area contributed by atoms with E-state index in [0.717, 1.165) is 24.0 Å². The lowest BCUT2D eigenvalue weighted by atomic mass is 10.1. The Balaban J connectivity index is 1.67. The Bertz CT molecular complexity index is 1160. The van der Waals surface area contributed by atoms with Crippen molar-refractivity contribution in [3.05, 3.63) is 45.9 Å². The number of nitrogen functional groups attached to an aromatic ring is 1. The van der Waals surface area contributed by atoms with Crippen LogP contribution in [-0.4, -0.2) is 66.9 Å². The average Bonchev–Trinajstić information content (AvgIpc) is 3.14. The molecule has 0 aliphatic heterocycles. The van der Waals surface area contributed by atoms with Crippen molar-refractivity contribution in [3.63, 3.8) is 0 Å². The van der Waals surface area contributed by atoms with Gasteiger partial charge in [0.2, 0.25) is 0 Å². The van der Waals surface area contributed by atoms with Gasteiger partial charge < -0.3 is 25.7 Å². The highest BCUT2D eigenvalue weighted by molar-refractivity contribution is 5.81. The van der Waals surface area contributed by atoms with Crippen molar-refractivity contribution in [3.8, 4) is 6.01 Å². The topological polar surface area (TPSA) is 160 Å². The number of H-pyrrole nitrogens is 1. The number of aromatic amines is 1. The molecule has 0 bridgehead atoms. The van der Waals surface area contributed by atoms with Crippen molar-refractivity contribution in [2.45, 2.75) is 52.1 Å². The number of imidazole rings is 1. The molecule has 190 valence electrons. The van der Waals surface area contributed by atoms with Gasteiger partial charge in [-0.3, -0.25) is 14.3 Å². The van der Waals surface area contributed by atoms with Gasteiger partial charge in [-0.1, -0.05) is 37.6 Å². The molecular formula is C24H34N6O5. The number of ether oxygens (including phenoxy) is 1. The largest absolute Gasteiger partial charge is 0.481 e. The maximum atomic E-state index is 12.6. The van der Waals surface area contributed by atoms with Crippen LogP contribution in [0.5, 0.6) is 6.01 Å². The van der Waals surface area contributed by atoms with Gasteiger partial charge in [0.25, 0.3) is 0 Å². The first-order chi connectivity index (χ1) is 16.9. The Morgan fingerprint density at radius 2 is 1.86 bits per heavy atom. The maximum absolute atomic E-state index is 12.6. The number of rotatable bonds is 15. The van der Waals surface area contributed by atoms with Gasteiger partial charge in [0, 0.05) is 32.8 Å². The number of nitrogens with zero attached hydrogens (tertiary/aromatic N) is 4. The van der Waals surface area contributed by atoms with E-state index in [-0.39, 0.29) is 30.5 Å². The normalized spacial score (nSPS) is 11.4. The summed E-state index contributed by atoms with van der Waals surface area (Å²) in [5.74, 6) is -0.685. The van der Waals surface area contributed by atoms with Gasteiger partial charge in [0.1, 0.15) is 5.52 Å². The summed E-state index contributed by atoms with van der Waals surface area (Å²) in [7, 11) is 0. The number of benzene rings is 1. The average molecular weight is 487 g/mol. The molecule has 0 atom stereocenters. The second-order valence-electron chi connectivity index (χ2n) is 8.47. The van der Waals surface area contributed by atoms with Crippen molar-refractivity contribution in [2.75, 3.05) is 32.0 Å². The monoisotopic (exact) mass is 486 g/mol. The van der Waals surface area contributed by atoms with E-state index in [0.29, 0.717) is 56.8 Å². The molecule has 0 saturated heterocycles. The van der Waals surface area contributed by atoms with Crippen molar-refractivity contribution >= 4 is 23.0 Å². The molecule has 2 heterocycles. The number of nitrogens with two attached hydrogens (primary N) is 1. The number of aliphatic carboxylic acids is 1. The number of nitrogens with one attached hydrogen (secondary N) is 1. The number of aromatic nitrogens is 4. The van der Waals surface area contributed by atoms with Crippen LogP contribution in [-0.2, 0) is 24.3 Å². The molecule has 2 aromatic heterocycles. The minimum Gasteiger partial charge on any atom is -0.481 e. The molecule has 0 amide bonds. The molecule has 3 aromatic rings. The van der Waals surface area contributed by atoms with Crippen LogP contribution in [0.2, 0.25) is 0 Å². The van der Waals surface area contributed by atoms with Gasteiger partial charge in [-0.2, -0.15) is 9.97 Å². The van der Waals surface area contributed by atoms with E-state index in [9.17, 15) is 14.7 Å². The van der Waals surface area contributed by atoms with Gasteiger partial charge >= 0.3 is 17.7 Å². The first kappa shape index (κ1) is 26.2. The molecule has 11 nitrogen and oxygen atoms in total. The molecule has 0 spiro atoms. The van der Waals surface area contributed by atoms with E-state index in [4.69, 9.17) is 15.6 Å². The highest BCUT2D eigenvalue weighted by Gasteiger charge is 2.15. The number of unbranched alkanes of at least 4 members (excludes halogenated alkanes) is 1. The summed E-state index contributed by atoms with van der Waals surface area (Å²) in [5.41, 5.74) is 8.34. The van der Waals surface area contributed by atoms with Crippen LogP contribution in [0.4, 0.5) is 5.82 Å². The van der Waals surface area contributed by atoms with Crippen molar-refractivity contribution < 1.29 is 19.7 Å². The smallest absolute Gasteiger partial charge is 0.327 e. The van der Waals surface area contributed by atoms with Gasteiger partial charge in [-0.25, -0.2) is 4.79 Å². The first-order valence-electron chi connectivity index (χ1n) is 11.9. The molecular weight excluding hydrogens is 452 g/mol. The summed E-state index contributed by atoms with van der Waals surface area (Å²) >= 11 is 0. The minimum absolute atomic E-state index is 0.00664. The molecule has 0 fully saturated rings. The number of aliphatic hydroxyl groups is 1. The summed E-state index contributed by atoms with van der Waals surface area (Å²) in [6.07, 6.45) is 3.14. The Hall–Kier alpha value is -3.44. The van der Waals surface area contributed by atoms with E-state index in [1.807, 2.05) is 24.3 Å². The molecule has 35 heavy (non-hydrogen) atoms. The number of carboxylic acid groups (broad SMARTS) is 1. The fourth-order valence-electron chi connectivity index (χ4n) is 3.82. The molecule has 0 aliphatic rings. The Labute approximate surface area is 203 Å². The van der Waals surface area contributed by atoms with Gasteiger partial charge in [-0.05, 0) is 30.4 Å². The molecule has 11 heteroatoms. The molecule has 5 N–H and O–H groups in total. The summed E-state index contributed by atoms with van der Waals surface area (Å²) in [6, 6.07) is 7.65. The molecule has 3 rings (SSSR count). The molecule has 0 unspecified atom stereocenters. The number of aliphatic hydroxyl groups excluding tert-OH is 1. The van der Waals surface area contributed by atoms with Crippen LogP contribution in [0.15, 0.2) is 29.1 Å². The van der Waals surface area contributed by atoms with Crippen molar-refractivity contribution in [1.82, 2.24) is 24.4 Å². The lowest BCUT2D eigenvalue weighted by Crippen LogP contribution is -2.28. The number of hydrogen-bond acceptors (Lipinski definition) is 8. The van der Waals surface area contributed by atoms with Crippen molar-refractivity contribution in [2.24, 2.45) is 0 Å². The van der Waals surface area contributed by atoms with Gasteiger partial charge in [0.05, 0.1) is 13.0 Å². The van der Waals surface area contributed by atoms with Crippen LogP contribution >= 0.6 is 0 Å². The van der Waals surface area contributed by atoms with Crippen LogP contribution in [0.1, 0.15) is 43.7 Å². The van der Waals surface area contributed by atoms with Crippen LogP contribution in [0.3, 0.4) is 0 Å². The highest BCUT2D eigenvalue weighted by atomic mass is 16.5. The predicted octanol–water partition coefficient (Wildman–Crippen LogP) is 1.78. The molecule has 0 saturated carbocycles. The number of anilines is 1. The third-order valence-corrected chi connectivity index (χ3v) is 5.63. The van der Waals surface area contributed by atoms with Crippen LogP contribution in [0.25, 0.3) is 11.2 Å². The zero-order chi connectivity index (χ0) is 25.2. The predicted molar refractivity (Wildman–Crippen MR) is 132 cm³/mol. The quantitative estimate of drug-likeness (QED) is 0.235. The molecule has 0 radical (unpaired) electrons. The number of fused-ring (bicyclic) bond motifs is 1. The first-order valence-corrected chi connectivity index (χ1v) is 11.9. The Kier molecular flexibility index (Phi) is 9.62. The fraction of sp³-hybridized carbons (Fsp3) is 0.500. The standard InChI is InChI=1S/C24H34N6O5/c1-2-3-14-35-23-27-21(25)20-22(28-23)30(24(34)26-20)12-4-10-29(11-5-13-31)16-18-8-6-17(7-9-18)15-19(32)33/h6-9,31H,2-5,10-16H2,1H3,(H,26,34)(H,32,33)(H2,25,27,28). The SMILES string of the molecule is CCCCOc1nc(N)c2[nH]c(=O)n(CCCN(CCCO)Cc3ccc(CC(=O)O)cc3)c2n1. The summed E-state index contributed by atoms with van der Waals surface area (Å²) in [6.45, 7) is 5.10. The van der Waals surface area contributed by atoms with E-state index >= 15 is 0 Å². The summed E-state index contributed by atoms with van der Waals surface area (Å²) in [4.78, 5) is 36.9. The highest BCUT2D eigenvalue weighted by Crippen LogP contribution is 2.18. The number of carbonyl (C=O) groups is 1. The van der Waals surface area contributed by atoms with Crippen LogP contribution in [0, 0.1) is 0 Å². The van der Waals surface area contributed by atoms with Crippen LogP contribution < -0.4 is 16.2 Å². The van der Waals surface area contributed by atoms with E-state index < -0.39 is 5.97 Å². The lowest BCUT2D eigenvalue weighted by Gasteiger charge is -2.22. The maximum Gasteiger partial charge on any atom is 0.327 e. The third kappa shape index (κ3) is 7.52. The number of hydrogen-bond donors (Lipinski definition) is 4.